The molecule has 5 heteroatoms. The molecule has 1 amide bonds. The Kier molecular flexibility index (Phi) is 8.37. The van der Waals surface area contributed by atoms with Gasteiger partial charge in [-0.1, -0.05) is 27.2 Å². The second-order valence-electron chi connectivity index (χ2n) is 5.03. The summed E-state index contributed by atoms with van der Waals surface area (Å²) in [5.41, 5.74) is 0. The number of carboxylic acids is 1. The summed E-state index contributed by atoms with van der Waals surface area (Å²) in [7, 11) is 1.97. The van der Waals surface area contributed by atoms with Gasteiger partial charge >= 0.3 is 5.97 Å². The number of carbonyl (C=O) groups excluding carboxylic acids is 1. The first-order chi connectivity index (χ1) is 8.38. The molecule has 0 bridgehead atoms. The second-order valence-corrected chi connectivity index (χ2v) is 5.03. The standard InChI is InChI=1S/C13H26N2O3/c1-5-6-8-15(4)9-7-11(16)14-12(10(2)3)13(17)18/h10,12H,5-9H2,1-4H3,(H,14,16)(H,17,18). The zero-order valence-corrected chi connectivity index (χ0v) is 11.9. The number of carboxylic acid groups (broad SMARTS) is 1. The Morgan fingerprint density at radius 3 is 2.33 bits per heavy atom. The maximum Gasteiger partial charge on any atom is 0.326 e. The third-order valence-electron chi connectivity index (χ3n) is 2.86. The van der Waals surface area contributed by atoms with Crippen LogP contribution in [0.5, 0.6) is 0 Å². The highest BCUT2D eigenvalue weighted by atomic mass is 16.4. The first-order valence-corrected chi connectivity index (χ1v) is 6.59. The first kappa shape index (κ1) is 16.9. The van der Waals surface area contributed by atoms with Gasteiger partial charge in [-0.15, -0.1) is 0 Å². The highest BCUT2D eigenvalue weighted by molar-refractivity contribution is 5.83. The number of amides is 1. The number of carbonyl (C=O) groups is 2. The van der Waals surface area contributed by atoms with Crippen molar-refractivity contribution in [1.82, 2.24) is 10.2 Å². The minimum atomic E-state index is -0.974. The van der Waals surface area contributed by atoms with Gasteiger partial charge in [-0.2, -0.15) is 0 Å². The SMILES string of the molecule is CCCCN(C)CCC(=O)NC(C(=O)O)C(C)C. The van der Waals surface area contributed by atoms with Crippen LogP contribution in [0, 0.1) is 5.92 Å². The average Bonchev–Trinajstić information content (AvgIpc) is 2.29. The molecular weight excluding hydrogens is 232 g/mol. The van der Waals surface area contributed by atoms with E-state index in [9.17, 15) is 9.59 Å². The molecule has 0 spiro atoms. The van der Waals surface area contributed by atoms with Crippen molar-refractivity contribution < 1.29 is 14.7 Å². The number of nitrogens with zero attached hydrogens (tertiary/aromatic N) is 1. The van der Waals surface area contributed by atoms with Crippen molar-refractivity contribution in [3.05, 3.63) is 0 Å². The second kappa shape index (κ2) is 8.91. The van der Waals surface area contributed by atoms with Gasteiger partial charge in [0.15, 0.2) is 0 Å². The molecule has 0 aliphatic carbocycles. The monoisotopic (exact) mass is 258 g/mol. The molecule has 18 heavy (non-hydrogen) atoms. The van der Waals surface area contributed by atoms with Crippen LogP contribution in [-0.4, -0.2) is 48.1 Å². The molecule has 1 unspecified atom stereocenters. The molecule has 2 N–H and O–H groups in total. The third kappa shape index (κ3) is 7.27. The number of aliphatic carboxylic acids is 1. The highest BCUT2D eigenvalue weighted by Crippen LogP contribution is 2.02. The summed E-state index contributed by atoms with van der Waals surface area (Å²) in [6.45, 7) is 7.33. The van der Waals surface area contributed by atoms with E-state index in [2.05, 4.69) is 17.1 Å². The Morgan fingerprint density at radius 1 is 1.28 bits per heavy atom. The molecule has 0 aromatic carbocycles. The van der Waals surface area contributed by atoms with Crippen molar-refractivity contribution >= 4 is 11.9 Å². The molecule has 0 fully saturated rings. The van der Waals surface area contributed by atoms with Crippen LogP contribution in [0.4, 0.5) is 0 Å². The molecular formula is C13H26N2O3. The Labute approximate surface area is 110 Å². The maximum absolute atomic E-state index is 11.6. The minimum Gasteiger partial charge on any atom is -0.480 e. The summed E-state index contributed by atoms with van der Waals surface area (Å²) >= 11 is 0. The van der Waals surface area contributed by atoms with Gasteiger partial charge in [0.2, 0.25) is 5.91 Å². The molecule has 0 aliphatic rings. The van der Waals surface area contributed by atoms with Crippen LogP contribution in [0.3, 0.4) is 0 Å². The van der Waals surface area contributed by atoms with E-state index in [1.807, 2.05) is 7.05 Å². The largest absolute Gasteiger partial charge is 0.480 e. The Bertz CT molecular complexity index is 267. The lowest BCUT2D eigenvalue weighted by molar-refractivity contribution is -0.143. The van der Waals surface area contributed by atoms with Crippen LogP contribution in [0.25, 0.3) is 0 Å². The topological polar surface area (TPSA) is 69.6 Å². The predicted octanol–water partition coefficient (Wildman–Crippen LogP) is 1.33. The summed E-state index contributed by atoms with van der Waals surface area (Å²) in [4.78, 5) is 24.7. The lowest BCUT2D eigenvalue weighted by Gasteiger charge is -2.19. The maximum atomic E-state index is 11.6. The predicted molar refractivity (Wildman–Crippen MR) is 71.4 cm³/mol. The molecule has 0 rings (SSSR count). The Hall–Kier alpha value is -1.10. The van der Waals surface area contributed by atoms with E-state index in [0.29, 0.717) is 13.0 Å². The molecule has 0 saturated carbocycles. The van der Waals surface area contributed by atoms with Crippen molar-refractivity contribution in [2.24, 2.45) is 5.92 Å². The molecule has 0 heterocycles. The van der Waals surface area contributed by atoms with Crippen molar-refractivity contribution in [1.29, 1.82) is 0 Å². The number of hydrogen-bond acceptors (Lipinski definition) is 3. The number of rotatable bonds is 9. The zero-order valence-electron chi connectivity index (χ0n) is 11.9. The van der Waals surface area contributed by atoms with Gasteiger partial charge in [-0.3, -0.25) is 4.79 Å². The van der Waals surface area contributed by atoms with E-state index in [4.69, 9.17) is 5.11 Å². The molecule has 106 valence electrons. The zero-order chi connectivity index (χ0) is 14.1. The fraction of sp³-hybridized carbons (Fsp3) is 0.846. The van der Waals surface area contributed by atoms with Crippen LogP contribution in [0.15, 0.2) is 0 Å². The van der Waals surface area contributed by atoms with E-state index in [1.54, 1.807) is 13.8 Å². The number of nitrogens with one attached hydrogen (secondary N) is 1. The van der Waals surface area contributed by atoms with Crippen LogP contribution < -0.4 is 5.32 Å². The van der Waals surface area contributed by atoms with Gasteiger partial charge in [0, 0.05) is 13.0 Å². The van der Waals surface area contributed by atoms with Gasteiger partial charge < -0.3 is 15.3 Å². The highest BCUT2D eigenvalue weighted by Gasteiger charge is 2.23. The van der Waals surface area contributed by atoms with Gasteiger partial charge in [0.05, 0.1) is 0 Å². The van der Waals surface area contributed by atoms with Gasteiger partial charge in [0.25, 0.3) is 0 Å². The summed E-state index contributed by atoms with van der Waals surface area (Å²) in [6.07, 6.45) is 2.59. The van der Waals surface area contributed by atoms with Gasteiger partial charge in [-0.05, 0) is 25.9 Å². The fourth-order valence-corrected chi connectivity index (χ4v) is 1.59. The van der Waals surface area contributed by atoms with Crippen molar-refractivity contribution in [3.63, 3.8) is 0 Å². The third-order valence-corrected chi connectivity index (χ3v) is 2.86. The molecule has 5 nitrogen and oxygen atoms in total. The normalized spacial score (nSPS) is 12.8. The van der Waals surface area contributed by atoms with E-state index in [1.165, 1.54) is 0 Å². The molecule has 0 saturated heterocycles. The van der Waals surface area contributed by atoms with E-state index in [0.717, 1.165) is 19.4 Å². The summed E-state index contributed by atoms with van der Waals surface area (Å²) < 4.78 is 0. The van der Waals surface area contributed by atoms with E-state index < -0.39 is 12.0 Å². The smallest absolute Gasteiger partial charge is 0.326 e. The summed E-state index contributed by atoms with van der Waals surface area (Å²) in [6, 6.07) is -0.793. The van der Waals surface area contributed by atoms with Gasteiger partial charge in [-0.25, -0.2) is 4.79 Å². The van der Waals surface area contributed by atoms with Gasteiger partial charge in [0.1, 0.15) is 6.04 Å². The number of hydrogen-bond donors (Lipinski definition) is 2. The van der Waals surface area contributed by atoms with Crippen LogP contribution in [-0.2, 0) is 9.59 Å². The molecule has 0 aromatic heterocycles. The fourth-order valence-electron chi connectivity index (χ4n) is 1.59. The molecule has 0 aromatic rings. The lowest BCUT2D eigenvalue weighted by atomic mass is 10.0. The molecule has 0 aliphatic heterocycles. The van der Waals surface area contributed by atoms with Crippen molar-refractivity contribution in [3.8, 4) is 0 Å². The quantitative estimate of drug-likeness (QED) is 0.654. The van der Waals surface area contributed by atoms with E-state index >= 15 is 0 Å². The van der Waals surface area contributed by atoms with Crippen LogP contribution in [0.1, 0.15) is 40.0 Å². The molecule has 0 radical (unpaired) electrons. The lowest BCUT2D eigenvalue weighted by Crippen LogP contribution is -2.45. The Balaban J connectivity index is 3.99. The Morgan fingerprint density at radius 2 is 1.89 bits per heavy atom. The molecule has 1 atom stereocenters. The summed E-state index contributed by atoms with van der Waals surface area (Å²) in [5.74, 6) is -1.28. The first-order valence-electron chi connectivity index (χ1n) is 6.59. The van der Waals surface area contributed by atoms with Crippen molar-refractivity contribution in [2.75, 3.05) is 20.1 Å². The van der Waals surface area contributed by atoms with Crippen LogP contribution >= 0.6 is 0 Å². The number of unbranched alkanes of at least 4 members (excludes halogenated alkanes) is 1. The van der Waals surface area contributed by atoms with Crippen LogP contribution in [0.2, 0.25) is 0 Å². The summed E-state index contributed by atoms with van der Waals surface area (Å²) in [5, 5.41) is 11.5. The van der Waals surface area contributed by atoms with Crippen molar-refractivity contribution in [2.45, 2.75) is 46.1 Å². The average molecular weight is 258 g/mol. The van der Waals surface area contributed by atoms with E-state index in [-0.39, 0.29) is 11.8 Å². The minimum absolute atomic E-state index is 0.107.